The van der Waals surface area contributed by atoms with Gasteiger partial charge in [0.05, 0.1) is 11.7 Å². The molecule has 1 aliphatic heterocycles. The monoisotopic (exact) mass is 399 g/mol. The zero-order chi connectivity index (χ0) is 20.5. The number of carbonyl (C=O) groups is 1. The lowest BCUT2D eigenvalue weighted by Gasteiger charge is -2.32. The van der Waals surface area contributed by atoms with Crippen LogP contribution < -0.4 is 10.9 Å². The largest absolute Gasteiger partial charge is 0.338 e. The van der Waals surface area contributed by atoms with Crippen LogP contribution in [0, 0.1) is 16.0 Å². The Morgan fingerprint density at radius 2 is 2.07 bits per heavy atom. The third kappa shape index (κ3) is 3.73. The number of fused-ring (bicyclic) bond motifs is 1. The molecule has 10 heteroatoms. The van der Waals surface area contributed by atoms with E-state index < -0.39 is 12.1 Å². The number of likely N-dealkylation sites (N-methyl/N-ethyl adjacent to an activating group) is 1. The van der Waals surface area contributed by atoms with Gasteiger partial charge < -0.3 is 4.90 Å². The second-order valence-corrected chi connectivity index (χ2v) is 7.85. The van der Waals surface area contributed by atoms with Crippen LogP contribution in [-0.2, 0) is 4.79 Å². The molecule has 0 radical (unpaired) electrons. The highest BCUT2D eigenvalue weighted by Gasteiger charge is 2.47. The van der Waals surface area contributed by atoms with E-state index in [0.29, 0.717) is 19.3 Å². The van der Waals surface area contributed by atoms with Gasteiger partial charge in [-0.3, -0.25) is 20.3 Å². The Bertz CT molecular complexity index is 870. The molecule has 2 aliphatic rings. The van der Waals surface area contributed by atoms with Crippen LogP contribution in [0.15, 0.2) is 36.9 Å². The fourth-order valence-electron chi connectivity index (χ4n) is 4.35. The minimum Gasteiger partial charge on any atom is -0.338 e. The summed E-state index contributed by atoms with van der Waals surface area (Å²) in [6.07, 6.45) is 4.78. The molecule has 0 spiro atoms. The van der Waals surface area contributed by atoms with Crippen molar-refractivity contribution in [3.8, 4) is 5.69 Å². The summed E-state index contributed by atoms with van der Waals surface area (Å²) in [5.41, 5.74) is 8.15. The quantitative estimate of drug-likeness (QED) is 0.570. The van der Waals surface area contributed by atoms with Crippen LogP contribution in [0.5, 0.6) is 0 Å². The Morgan fingerprint density at radius 3 is 2.72 bits per heavy atom. The maximum atomic E-state index is 13.2. The molecule has 4 rings (SSSR count). The van der Waals surface area contributed by atoms with Crippen LogP contribution in [-0.4, -0.2) is 55.7 Å². The van der Waals surface area contributed by atoms with Gasteiger partial charge in [0.1, 0.15) is 18.7 Å². The lowest BCUT2D eigenvalue weighted by molar-refractivity contribution is -0.528. The van der Waals surface area contributed by atoms with Gasteiger partial charge in [0.2, 0.25) is 11.9 Å². The summed E-state index contributed by atoms with van der Waals surface area (Å²) < 4.78 is 1.67. The summed E-state index contributed by atoms with van der Waals surface area (Å²) in [6, 6.07) is 6.76. The molecule has 1 aromatic carbocycles. The van der Waals surface area contributed by atoms with Gasteiger partial charge in [-0.1, -0.05) is 12.1 Å². The number of hydrogen-bond donors (Lipinski definition) is 2. The first-order valence-electron chi connectivity index (χ1n) is 9.82. The molecule has 5 unspecified atom stereocenters. The molecule has 0 bridgehead atoms. The molecule has 2 aromatic rings. The number of carbonyl (C=O) groups excluding carboxylic acids is 1. The van der Waals surface area contributed by atoms with E-state index in [0.717, 1.165) is 11.3 Å². The van der Waals surface area contributed by atoms with Crippen molar-refractivity contribution in [1.82, 2.24) is 30.5 Å². The first-order valence-corrected chi connectivity index (χ1v) is 9.82. The van der Waals surface area contributed by atoms with Crippen LogP contribution in [0.3, 0.4) is 0 Å². The Labute approximate surface area is 168 Å². The van der Waals surface area contributed by atoms with Crippen molar-refractivity contribution in [3.63, 3.8) is 0 Å². The van der Waals surface area contributed by atoms with E-state index in [2.05, 4.69) is 20.9 Å². The zero-order valence-electron chi connectivity index (χ0n) is 16.4. The lowest BCUT2D eigenvalue weighted by Crippen LogP contribution is -2.48. The van der Waals surface area contributed by atoms with Crippen LogP contribution in [0.25, 0.3) is 5.69 Å². The van der Waals surface area contributed by atoms with E-state index in [1.165, 1.54) is 6.33 Å². The van der Waals surface area contributed by atoms with E-state index in [9.17, 15) is 14.9 Å². The molecule has 1 aromatic heterocycles. The number of amides is 1. The van der Waals surface area contributed by atoms with Crippen molar-refractivity contribution in [1.29, 1.82) is 0 Å². The number of rotatable bonds is 5. The number of hydrazine groups is 1. The van der Waals surface area contributed by atoms with E-state index in [1.54, 1.807) is 23.0 Å². The molecule has 1 saturated carbocycles. The highest BCUT2D eigenvalue weighted by Crippen LogP contribution is 2.33. The van der Waals surface area contributed by atoms with Gasteiger partial charge in [-0.05, 0) is 31.0 Å². The number of hydrogen-bond acceptors (Lipinski definition) is 7. The Hall–Kier alpha value is -2.85. The van der Waals surface area contributed by atoms with Gasteiger partial charge in [0.25, 0.3) is 0 Å². The summed E-state index contributed by atoms with van der Waals surface area (Å²) in [5, 5.41) is 15.3. The van der Waals surface area contributed by atoms with Crippen molar-refractivity contribution >= 4 is 5.91 Å². The number of nitrogens with one attached hydrogen (secondary N) is 2. The predicted octanol–water partition coefficient (Wildman–Crippen LogP) is 1.08. The summed E-state index contributed by atoms with van der Waals surface area (Å²) in [4.78, 5) is 29.8. The number of nitro groups is 1. The topological polar surface area (TPSA) is 118 Å². The minimum absolute atomic E-state index is 0.0538. The maximum Gasteiger partial charge on any atom is 0.241 e. The number of benzene rings is 1. The lowest BCUT2D eigenvalue weighted by atomic mass is 9.79. The summed E-state index contributed by atoms with van der Waals surface area (Å²) in [6.45, 7) is 1.98. The summed E-state index contributed by atoms with van der Waals surface area (Å²) in [5.74, 6) is -0.127. The molecule has 2 heterocycles. The van der Waals surface area contributed by atoms with Crippen LogP contribution in [0.1, 0.15) is 37.8 Å². The molecule has 1 amide bonds. The SMILES string of the molecule is CC(c1ccc(-n2cncn2)cc1)N(C)C(=O)C1NNC2CCC([N+](=O)[O-])CC21. The van der Waals surface area contributed by atoms with E-state index in [4.69, 9.17) is 0 Å². The van der Waals surface area contributed by atoms with Gasteiger partial charge in [-0.25, -0.2) is 15.1 Å². The summed E-state index contributed by atoms with van der Waals surface area (Å²) >= 11 is 0. The van der Waals surface area contributed by atoms with E-state index in [1.807, 2.05) is 31.2 Å². The molecule has 1 saturated heterocycles. The summed E-state index contributed by atoms with van der Waals surface area (Å²) in [7, 11) is 1.78. The highest BCUT2D eigenvalue weighted by molar-refractivity contribution is 5.83. The number of aromatic nitrogens is 3. The van der Waals surface area contributed by atoms with Crippen LogP contribution in [0.2, 0.25) is 0 Å². The minimum atomic E-state index is -0.569. The second kappa shape index (κ2) is 7.88. The first kappa shape index (κ1) is 19.5. The van der Waals surface area contributed by atoms with Gasteiger partial charge in [0, 0.05) is 36.8 Å². The first-order chi connectivity index (χ1) is 14.0. The van der Waals surface area contributed by atoms with Crippen molar-refractivity contribution in [2.24, 2.45) is 5.92 Å². The predicted molar refractivity (Wildman–Crippen MR) is 105 cm³/mol. The molecule has 154 valence electrons. The van der Waals surface area contributed by atoms with Gasteiger partial charge in [-0.15, -0.1) is 0 Å². The maximum absolute atomic E-state index is 13.2. The molecular formula is C19H25N7O3. The third-order valence-corrected chi connectivity index (χ3v) is 6.28. The van der Waals surface area contributed by atoms with Crippen LogP contribution in [0.4, 0.5) is 0 Å². The number of nitrogens with zero attached hydrogens (tertiary/aromatic N) is 5. The fraction of sp³-hybridized carbons (Fsp3) is 0.526. The van der Waals surface area contributed by atoms with Gasteiger partial charge in [0.15, 0.2) is 0 Å². The van der Waals surface area contributed by atoms with Gasteiger partial charge >= 0.3 is 0 Å². The van der Waals surface area contributed by atoms with Crippen molar-refractivity contribution in [2.45, 2.75) is 50.4 Å². The Balaban J connectivity index is 1.45. The molecule has 5 atom stereocenters. The normalized spacial score (nSPS) is 27.2. The average molecular weight is 399 g/mol. The molecule has 2 fully saturated rings. The fourth-order valence-corrected chi connectivity index (χ4v) is 4.35. The van der Waals surface area contributed by atoms with Crippen molar-refractivity contribution in [3.05, 3.63) is 52.6 Å². The highest BCUT2D eigenvalue weighted by atomic mass is 16.6. The van der Waals surface area contributed by atoms with Crippen molar-refractivity contribution < 1.29 is 9.72 Å². The molecule has 29 heavy (non-hydrogen) atoms. The smallest absolute Gasteiger partial charge is 0.241 e. The third-order valence-electron chi connectivity index (χ3n) is 6.28. The molecule has 10 nitrogen and oxygen atoms in total. The van der Waals surface area contributed by atoms with Gasteiger partial charge in [-0.2, -0.15) is 5.10 Å². The Kier molecular flexibility index (Phi) is 5.29. The molecule has 1 aliphatic carbocycles. The Morgan fingerprint density at radius 1 is 1.31 bits per heavy atom. The van der Waals surface area contributed by atoms with E-state index in [-0.39, 0.29) is 28.8 Å². The average Bonchev–Trinajstić information content (AvgIpc) is 3.41. The molecular weight excluding hydrogens is 374 g/mol. The zero-order valence-corrected chi connectivity index (χ0v) is 16.4. The standard InChI is InChI=1S/C19H25N7O3/c1-12(13-3-5-14(6-4-13)25-11-20-10-21-25)24(2)19(27)18-16-9-15(26(28)29)7-8-17(16)22-23-18/h3-6,10-12,15-18,22-23H,7-9H2,1-2H3. The van der Waals surface area contributed by atoms with Crippen molar-refractivity contribution in [2.75, 3.05) is 7.05 Å². The molecule has 2 N–H and O–H groups in total. The second-order valence-electron chi connectivity index (χ2n) is 7.85. The van der Waals surface area contributed by atoms with E-state index >= 15 is 0 Å². The van der Waals surface area contributed by atoms with Crippen LogP contribution >= 0.6 is 0 Å².